The fraction of sp³-hybridized carbons (Fsp3) is 0.483. The van der Waals surface area contributed by atoms with Gasteiger partial charge in [-0.05, 0) is 81.7 Å². The molecular formula is C29H40N2O5S. The maximum atomic E-state index is 13.2. The lowest BCUT2D eigenvalue weighted by molar-refractivity contribution is 0.101. The standard InChI is InChI=1S/C29H40N2O5S/c1-6-8-17-31(18-9-7-2)19-10-20-35-25-14-11-23(12-15-25)28(32)29-22(3)26-21-24(13-16-27(26)36-29)30(4)37(5,33)34/h11-16,21H,6-10,17-20H2,1-5H3. The van der Waals surface area contributed by atoms with E-state index in [1.807, 2.05) is 19.1 Å². The summed E-state index contributed by atoms with van der Waals surface area (Å²) in [6, 6.07) is 12.2. The Morgan fingerprint density at radius 3 is 2.16 bits per heavy atom. The molecule has 3 aromatic rings. The van der Waals surface area contributed by atoms with Crippen LogP contribution in [0, 0.1) is 6.92 Å². The lowest BCUT2D eigenvalue weighted by Gasteiger charge is -2.21. The Morgan fingerprint density at radius 1 is 0.946 bits per heavy atom. The van der Waals surface area contributed by atoms with Crippen LogP contribution in [0.2, 0.25) is 0 Å². The first-order valence-electron chi connectivity index (χ1n) is 13.1. The number of hydrogen-bond acceptors (Lipinski definition) is 6. The van der Waals surface area contributed by atoms with Gasteiger partial charge in [0.1, 0.15) is 11.3 Å². The summed E-state index contributed by atoms with van der Waals surface area (Å²) in [6.45, 7) is 10.2. The lowest BCUT2D eigenvalue weighted by atomic mass is 10.0. The fourth-order valence-electron chi connectivity index (χ4n) is 4.22. The molecule has 0 fully saturated rings. The number of fused-ring (bicyclic) bond motifs is 1. The van der Waals surface area contributed by atoms with E-state index in [1.54, 1.807) is 30.3 Å². The van der Waals surface area contributed by atoms with Gasteiger partial charge in [0.05, 0.1) is 18.6 Å². The van der Waals surface area contributed by atoms with Gasteiger partial charge < -0.3 is 14.1 Å². The van der Waals surface area contributed by atoms with Crippen molar-refractivity contribution in [2.24, 2.45) is 0 Å². The summed E-state index contributed by atoms with van der Waals surface area (Å²) in [5.74, 6) is 0.767. The number of benzene rings is 2. The summed E-state index contributed by atoms with van der Waals surface area (Å²) in [6.07, 6.45) is 6.98. The molecule has 0 saturated heterocycles. The first-order chi connectivity index (χ1) is 17.7. The van der Waals surface area contributed by atoms with Crippen molar-refractivity contribution in [3.05, 3.63) is 59.4 Å². The van der Waals surface area contributed by atoms with Crippen molar-refractivity contribution in [2.75, 3.05) is 43.8 Å². The van der Waals surface area contributed by atoms with Crippen LogP contribution in [0.25, 0.3) is 11.0 Å². The maximum absolute atomic E-state index is 13.2. The Labute approximate surface area is 221 Å². The summed E-state index contributed by atoms with van der Waals surface area (Å²) in [4.78, 5) is 15.7. The number of unbranched alkanes of at least 4 members (excludes halogenated alkanes) is 2. The minimum Gasteiger partial charge on any atom is -0.494 e. The van der Waals surface area contributed by atoms with Gasteiger partial charge in [0.15, 0.2) is 5.76 Å². The summed E-state index contributed by atoms with van der Waals surface area (Å²) in [7, 11) is -1.90. The van der Waals surface area contributed by atoms with Gasteiger partial charge >= 0.3 is 0 Å². The first kappa shape index (κ1) is 28.7. The quantitative estimate of drug-likeness (QED) is 0.177. The topological polar surface area (TPSA) is 80.1 Å². The number of sulfonamides is 1. The van der Waals surface area contributed by atoms with Crippen molar-refractivity contribution in [3.63, 3.8) is 0 Å². The second kappa shape index (κ2) is 13.1. The number of ether oxygens (including phenoxy) is 1. The minimum absolute atomic E-state index is 0.222. The number of hydrogen-bond donors (Lipinski definition) is 0. The zero-order valence-corrected chi connectivity index (χ0v) is 23.6. The molecule has 0 amide bonds. The second-order valence-corrected chi connectivity index (χ2v) is 11.6. The Kier molecular flexibility index (Phi) is 10.2. The summed E-state index contributed by atoms with van der Waals surface area (Å²) >= 11 is 0. The Bertz CT molecular complexity index is 1270. The molecule has 0 spiro atoms. The Balaban J connectivity index is 1.63. The largest absolute Gasteiger partial charge is 0.494 e. The molecule has 0 aliphatic rings. The van der Waals surface area contributed by atoms with Gasteiger partial charge in [0.2, 0.25) is 15.8 Å². The number of furan rings is 1. The molecular weight excluding hydrogens is 488 g/mol. The van der Waals surface area contributed by atoms with E-state index in [2.05, 4.69) is 18.7 Å². The van der Waals surface area contributed by atoms with Crippen LogP contribution in [-0.2, 0) is 10.0 Å². The third-order valence-electron chi connectivity index (χ3n) is 6.65. The van der Waals surface area contributed by atoms with E-state index in [0.29, 0.717) is 34.4 Å². The smallest absolute Gasteiger partial charge is 0.231 e. The van der Waals surface area contributed by atoms with Crippen molar-refractivity contribution in [3.8, 4) is 5.75 Å². The van der Waals surface area contributed by atoms with E-state index in [-0.39, 0.29) is 11.5 Å². The Hall–Kier alpha value is -2.84. The molecule has 0 N–H and O–H groups in total. The van der Waals surface area contributed by atoms with E-state index in [9.17, 15) is 13.2 Å². The number of nitrogens with zero attached hydrogens (tertiary/aromatic N) is 2. The van der Waals surface area contributed by atoms with Crippen molar-refractivity contribution >= 4 is 32.5 Å². The van der Waals surface area contributed by atoms with Gasteiger partial charge in [-0.2, -0.15) is 0 Å². The summed E-state index contributed by atoms with van der Waals surface area (Å²) in [5, 5.41) is 0.711. The average molecular weight is 529 g/mol. The van der Waals surface area contributed by atoms with Gasteiger partial charge in [-0.15, -0.1) is 0 Å². The van der Waals surface area contributed by atoms with Gasteiger partial charge in [-0.1, -0.05) is 26.7 Å². The number of aryl methyl sites for hydroxylation is 1. The molecule has 0 saturated carbocycles. The molecule has 0 bridgehead atoms. The number of carbonyl (C=O) groups is 1. The third kappa shape index (κ3) is 7.58. The molecule has 0 unspecified atom stereocenters. The Morgan fingerprint density at radius 2 is 1.57 bits per heavy atom. The zero-order valence-electron chi connectivity index (χ0n) is 22.7. The van der Waals surface area contributed by atoms with Crippen LogP contribution in [-0.4, -0.2) is 58.6 Å². The highest BCUT2D eigenvalue weighted by atomic mass is 32.2. The van der Waals surface area contributed by atoms with Crippen molar-refractivity contribution in [1.82, 2.24) is 4.90 Å². The predicted octanol–water partition coefficient (Wildman–Crippen LogP) is 6.04. The third-order valence-corrected chi connectivity index (χ3v) is 7.85. The molecule has 2 aromatic carbocycles. The van der Waals surface area contributed by atoms with Crippen molar-refractivity contribution in [2.45, 2.75) is 52.9 Å². The molecule has 1 heterocycles. The fourth-order valence-corrected chi connectivity index (χ4v) is 4.72. The lowest BCUT2D eigenvalue weighted by Crippen LogP contribution is -2.28. The van der Waals surface area contributed by atoms with Crippen LogP contribution in [0.1, 0.15) is 67.6 Å². The summed E-state index contributed by atoms with van der Waals surface area (Å²) in [5.41, 5.74) is 2.24. The molecule has 3 rings (SSSR count). The van der Waals surface area contributed by atoms with E-state index in [0.717, 1.165) is 38.1 Å². The zero-order chi connectivity index (χ0) is 27.0. The van der Waals surface area contributed by atoms with Gasteiger partial charge in [-0.3, -0.25) is 9.10 Å². The molecule has 0 radical (unpaired) electrons. The molecule has 0 aliphatic heterocycles. The molecule has 0 atom stereocenters. The molecule has 1 aromatic heterocycles. The van der Waals surface area contributed by atoms with E-state index >= 15 is 0 Å². The van der Waals surface area contributed by atoms with E-state index in [1.165, 1.54) is 37.0 Å². The van der Waals surface area contributed by atoms with Crippen LogP contribution in [0.5, 0.6) is 5.75 Å². The molecule has 8 heteroatoms. The summed E-state index contributed by atoms with van der Waals surface area (Å²) < 4.78 is 36.8. The first-order valence-corrected chi connectivity index (χ1v) is 15.0. The van der Waals surface area contributed by atoms with Crippen LogP contribution in [0.3, 0.4) is 0 Å². The van der Waals surface area contributed by atoms with E-state index in [4.69, 9.17) is 9.15 Å². The van der Waals surface area contributed by atoms with Gasteiger partial charge in [0.25, 0.3) is 0 Å². The minimum atomic E-state index is -3.39. The number of carbonyl (C=O) groups excluding carboxylic acids is 1. The van der Waals surface area contributed by atoms with Crippen LogP contribution < -0.4 is 9.04 Å². The SMILES string of the molecule is CCCCN(CCCC)CCCOc1ccc(C(=O)c2oc3ccc(N(C)S(C)(=O)=O)cc3c2C)cc1. The number of rotatable bonds is 15. The monoisotopic (exact) mass is 528 g/mol. The van der Waals surface area contributed by atoms with Gasteiger partial charge in [0, 0.05) is 30.1 Å². The molecule has 202 valence electrons. The molecule has 0 aliphatic carbocycles. The van der Waals surface area contributed by atoms with Gasteiger partial charge in [-0.25, -0.2) is 8.42 Å². The number of anilines is 1. The molecule has 37 heavy (non-hydrogen) atoms. The normalized spacial score (nSPS) is 11.8. The number of ketones is 1. The van der Waals surface area contributed by atoms with E-state index < -0.39 is 10.0 Å². The predicted molar refractivity (Wildman–Crippen MR) is 150 cm³/mol. The highest BCUT2D eigenvalue weighted by molar-refractivity contribution is 7.92. The highest BCUT2D eigenvalue weighted by Crippen LogP contribution is 2.31. The van der Waals surface area contributed by atoms with Crippen molar-refractivity contribution in [1.29, 1.82) is 0 Å². The van der Waals surface area contributed by atoms with Crippen LogP contribution in [0.15, 0.2) is 46.9 Å². The van der Waals surface area contributed by atoms with Crippen LogP contribution in [0.4, 0.5) is 5.69 Å². The molecule has 7 nitrogen and oxygen atoms in total. The van der Waals surface area contributed by atoms with Crippen molar-refractivity contribution < 1.29 is 22.4 Å². The van der Waals surface area contributed by atoms with Crippen LogP contribution >= 0.6 is 0 Å². The second-order valence-electron chi connectivity index (χ2n) is 9.57. The average Bonchev–Trinajstić information content (AvgIpc) is 3.22. The maximum Gasteiger partial charge on any atom is 0.231 e. The highest BCUT2D eigenvalue weighted by Gasteiger charge is 2.21.